The normalized spacial score (nSPS) is 19.4. The average molecular weight is 396 g/mol. The molecule has 0 amide bonds. The molecule has 3 N–H and O–H groups in total. The van der Waals surface area contributed by atoms with Crippen LogP contribution < -0.4 is 15.4 Å². The fraction of sp³-hybridized carbons (Fsp3) is 0.476. The molecule has 4 rings (SSSR count). The van der Waals surface area contributed by atoms with Gasteiger partial charge in [0.1, 0.15) is 11.6 Å². The van der Waals surface area contributed by atoms with Crippen LogP contribution in [0.15, 0.2) is 36.8 Å². The second kappa shape index (κ2) is 8.65. The molecule has 0 saturated heterocycles. The fourth-order valence-electron chi connectivity index (χ4n) is 4.06. The van der Waals surface area contributed by atoms with Crippen molar-refractivity contribution in [3.05, 3.63) is 53.1 Å². The molecule has 29 heavy (non-hydrogen) atoms. The van der Waals surface area contributed by atoms with Crippen molar-refractivity contribution in [3.63, 3.8) is 0 Å². The van der Waals surface area contributed by atoms with Gasteiger partial charge in [-0.05, 0) is 25.3 Å². The summed E-state index contributed by atoms with van der Waals surface area (Å²) in [5.41, 5.74) is 2.79. The van der Waals surface area contributed by atoms with Crippen molar-refractivity contribution in [2.24, 2.45) is 5.92 Å². The van der Waals surface area contributed by atoms with E-state index in [1.807, 2.05) is 22.8 Å². The minimum atomic E-state index is 0.196. The number of anilines is 2. The van der Waals surface area contributed by atoms with Crippen molar-refractivity contribution in [3.8, 4) is 0 Å². The molecule has 8 nitrogen and oxygen atoms in total. The van der Waals surface area contributed by atoms with E-state index in [1.165, 1.54) is 12.6 Å². The van der Waals surface area contributed by atoms with Crippen LogP contribution in [0.3, 0.4) is 0 Å². The summed E-state index contributed by atoms with van der Waals surface area (Å²) in [7, 11) is 0. The molecule has 0 spiro atoms. The van der Waals surface area contributed by atoms with Gasteiger partial charge in [-0.15, -0.1) is 0 Å². The van der Waals surface area contributed by atoms with E-state index in [4.69, 9.17) is 4.98 Å². The Morgan fingerprint density at radius 1 is 1.34 bits per heavy atom. The molecule has 0 aromatic carbocycles. The molecule has 1 fully saturated rings. The molecule has 1 unspecified atom stereocenters. The molecule has 154 valence electrons. The zero-order chi connectivity index (χ0) is 20.2. The van der Waals surface area contributed by atoms with E-state index in [0.717, 1.165) is 58.8 Å². The third-order valence-electron chi connectivity index (χ3n) is 5.71. The maximum absolute atomic E-state index is 11.5. The lowest BCUT2D eigenvalue weighted by molar-refractivity contribution is -0.605. The van der Waals surface area contributed by atoms with Crippen LogP contribution in [0.25, 0.3) is 5.65 Å². The lowest BCUT2D eigenvalue weighted by atomic mass is 9.85. The highest BCUT2D eigenvalue weighted by Crippen LogP contribution is 2.28. The monoisotopic (exact) mass is 396 g/mol. The minimum absolute atomic E-state index is 0.196. The lowest BCUT2D eigenvalue weighted by Crippen LogP contribution is -2.34. The highest BCUT2D eigenvalue weighted by Gasteiger charge is 2.25. The van der Waals surface area contributed by atoms with Crippen molar-refractivity contribution in [2.75, 3.05) is 17.2 Å². The van der Waals surface area contributed by atoms with Gasteiger partial charge in [-0.3, -0.25) is 0 Å². The van der Waals surface area contributed by atoms with Crippen LogP contribution in [0, 0.1) is 11.1 Å². The number of aromatic nitrogens is 4. The summed E-state index contributed by atoms with van der Waals surface area (Å²) < 4.78 is 2.61. The topological polar surface area (TPSA) is 101 Å². The Hall–Kier alpha value is -2.87. The fourth-order valence-corrected chi connectivity index (χ4v) is 4.06. The first-order chi connectivity index (χ1) is 14.2. The highest BCUT2D eigenvalue weighted by molar-refractivity contribution is 5.60. The Balaban J connectivity index is 1.62. The van der Waals surface area contributed by atoms with E-state index >= 15 is 0 Å². The summed E-state index contributed by atoms with van der Waals surface area (Å²) in [6, 6.07) is 5.82. The number of rotatable bonds is 7. The predicted octanol–water partition coefficient (Wildman–Crippen LogP) is 2.50. The van der Waals surface area contributed by atoms with Crippen LogP contribution in [0.2, 0.25) is 0 Å². The number of pyridine rings is 1. The standard InChI is InChI=1S/C21H28N6O2/c1-2-16-12-23-27-20(22-11-15-6-5-9-26(29)13-15)10-19(25-21(16)27)24-18-8-4-3-7-17(18)14-28/h5-6,9-10,12-13,17-18,22,28H,2-4,7-8,11,14H2,1H3,(H,24,25)/t17-,18?/m0/s1. The van der Waals surface area contributed by atoms with Gasteiger partial charge in [-0.2, -0.15) is 14.3 Å². The SMILES string of the molecule is CCc1cnn2c(NCc3ccc[n+]([O-])c3)cc(NC3CCCC[C@H]3CO)nc12. The van der Waals surface area contributed by atoms with Crippen LogP contribution in [0.4, 0.5) is 11.6 Å². The van der Waals surface area contributed by atoms with Crippen molar-refractivity contribution in [1.29, 1.82) is 0 Å². The molecule has 1 aliphatic rings. The van der Waals surface area contributed by atoms with E-state index < -0.39 is 0 Å². The maximum atomic E-state index is 11.5. The predicted molar refractivity (Wildman–Crippen MR) is 112 cm³/mol. The highest BCUT2D eigenvalue weighted by atomic mass is 16.5. The molecule has 0 bridgehead atoms. The van der Waals surface area contributed by atoms with Gasteiger partial charge < -0.3 is 20.9 Å². The summed E-state index contributed by atoms with van der Waals surface area (Å²) in [6.07, 6.45) is 10.1. The van der Waals surface area contributed by atoms with Gasteiger partial charge >= 0.3 is 0 Å². The Morgan fingerprint density at radius 2 is 2.21 bits per heavy atom. The quantitative estimate of drug-likeness (QED) is 0.419. The average Bonchev–Trinajstić information content (AvgIpc) is 3.15. The first kappa shape index (κ1) is 19.4. The number of fused-ring (bicyclic) bond motifs is 1. The second-order valence-corrected chi connectivity index (χ2v) is 7.69. The van der Waals surface area contributed by atoms with Gasteiger partial charge in [-0.25, -0.2) is 4.98 Å². The van der Waals surface area contributed by atoms with Gasteiger partial charge in [0.25, 0.3) is 0 Å². The summed E-state index contributed by atoms with van der Waals surface area (Å²) in [5.74, 6) is 1.85. The number of aryl methyl sites for hydroxylation is 1. The van der Waals surface area contributed by atoms with E-state index in [0.29, 0.717) is 6.54 Å². The smallest absolute Gasteiger partial charge is 0.185 e. The Morgan fingerprint density at radius 3 is 3.00 bits per heavy atom. The van der Waals surface area contributed by atoms with E-state index in [2.05, 4.69) is 22.7 Å². The molecular weight excluding hydrogens is 368 g/mol. The summed E-state index contributed by atoms with van der Waals surface area (Å²) in [4.78, 5) is 4.81. The molecule has 1 aliphatic carbocycles. The summed E-state index contributed by atoms with van der Waals surface area (Å²) in [6.45, 7) is 2.79. The van der Waals surface area contributed by atoms with Crippen molar-refractivity contribution in [1.82, 2.24) is 14.6 Å². The first-order valence-electron chi connectivity index (χ1n) is 10.3. The molecule has 3 aromatic heterocycles. The molecule has 0 aliphatic heterocycles. The number of hydrogen-bond acceptors (Lipinski definition) is 6. The summed E-state index contributed by atoms with van der Waals surface area (Å²) >= 11 is 0. The maximum Gasteiger partial charge on any atom is 0.185 e. The van der Waals surface area contributed by atoms with E-state index in [9.17, 15) is 10.3 Å². The Kier molecular flexibility index (Phi) is 5.80. The Bertz CT molecular complexity index is 973. The number of aliphatic hydroxyl groups excluding tert-OH is 1. The molecular formula is C21H28N6O2. The number of aliphatic hydroxyl groups is 1. The van der Waals surface area contributed by atoms with Crippen LogP contribution in [-0.2, 0) is 13.0 Å². The van der Waals surface area contributed by atoms with Gasteiger partial charge in [-0.1, -0.05) is 19.8 Å². The van der Waals surface area contributed by atoms with Crippen molar-refractivity contribution < 1.29 is 9.84 Å². The largest absolute Gasteiger partial charge is 0.619 e. The molecule has 3 heterocycles. The van der Waals surface area contributed by atoms with Gasteiger partial charge in [0.2, 0.25) is 0 Å². The number of nitrogens with zero attached hydrogens (tertiary/aromatic N) is 4. The van der Waals surface area contributed by atoms with Gasteiger partial charge in [0.05, 0.1) is 6.20 Å². The lowest BCUT2D eigenvalue weighted by Gasteiger charge is -2.31. The first-order valence-corrected chi connectivity index (χ1v) is 10.3. The van der Waals surface area contributed by atoms with Crippen LogP contribution in [0.1, 0.15) is 43.7 Å². The second-order valence-electron chi connectivity index (χ2n) is 7.69. The van der Waals surface area contributed by atoms with Crippen LogP contribution in [-0.4, -0.2) is 32.4 Å². The number of hydrogen-bond donors (Lipinski definition) is 3. The zero-order valence-electron chi connectivity index (χ0n) is 16.7. The molecule has 1 saturated carbocycles. The molecule has 8 heteroatoms. The van der Waals surface area contributed by atoms with Crippen molar-refractivity contribution in [2.45, 2.75) is 51.6 Å². The number of nitrogens with one attached hydrogen (secondary N) is 2. The van der Waals surface area contributed by atoms with E-state index in [-0.39, 0.29) is 18.6 Å². The molecule has 2 atom stereocenters. The molecule has 0 radical (unpaired) electrons. The minimum Gasteiger partial charge on any atom is -0.619 e. The van der Waals surface area contributed by atoms with E-state index in [1.54, 1.807) is 12.3 Å². The zero-order valence-corrected chi connectivity index (χ0v) is 16.7. The summed E-state index contributed by atoms with van der Waals surface area (Å²) in [5, 5.41) is 32.7. The molecule has 3 aromatic rings. The van der Waals surface area contributed by atoms with Crippen molar-refractivity contribution >= 4 is 17.3 Å². The van der Waals surface area contributed by atoms with Gasteiger partial charge in [0, 0.05) is 48.4 Å². The third-order valence-corrected chi connectivity index (χ3v) is 5.71. The third kappa shape index (κ3) is 4.27. The van der Waals surface area contributed by atoms with Crippen LogP contribution >= 0.6 is 0 Å². The van der Waals surface area contributed by atoms with Crippen LogP contribution in [0.5, 0.6) is 0 Å². The van der Waals surface area contributed by atoms with Gasteiger partial charge in [0.15, 0.2) is 18.0 Å². The Labute approximate surface area is 170 Å².